The first-order valence-corrected chi connectivity index (χ1v) is 7.50. The van der Waals surface area contributed by atoms with E-state index in [1.54, 1.807) is 0 Å². The van der Waals surface area contributed by atoms with Crippen LogP contribution < -0.4 is 10.6 Å². The molecule has 1 heterocycles. The van der Waals surface area contributed by atoms with Crippen LogP contribution in [0.1, 0.15) is 28.8 Å². The van der Waals surface area contributed by atoms with Crippen LogP contribution in [0.15, 0.2) is 24.3 Å². The highest BCUT2D eigenvalue weighted by atomic mass is 16.2. The average molecular weight is 289 g/mol. The SMILES string of the molecule is Cc1ccc(C(=O)NCCNCC(=O)N2CCCC2)cc1. The van der Waals surface area contributed by atoms with Gasteiger partial charge in [0.1, 0.15) is 0 Å². The van der Waals surface area contributed by atoms with E-state index < -0.39 is 0 Å². The van der Waals surface area contributed by atoms with Crippen LogP contribution in [-0.4, -0.2) is 49.4 Å². The molecule has 0 aromatic heterocycles. The minimum Gasteiger partial charge on any atom is -0.351 e. The summed E-state index contributed by atoms with van der Waals surface area (Å²) in [5.74, 6) is 0.0695. The number of amides is 2. The Kier molecular flexibility index (Phi) is 5.75. The van der Waals surface area contributed by atoms with Gasteiger partial charge < -0.3 is 15.5 Å². The van der Waals surface area contributed by atoms with Crippen molar-refractivity contribution in [3.05, 3.63) is 35.4 Å². The molecule has 21 heavy (non-hydrogen) atoms. The van der Waals surface area contributed by atoms with E-state index in [1.807, 2.05) is 36.1 Å². The summed E-state index contributed by atoms with van der Waals surface area (Å²) in [7, 11) is 0. The average Bonchev–Trinajstić information content (AvgIpc) is 3.01. The maximum Gasteiger partial charge on any atom is 0.251 e. The summed E-state index contributed by atoms with van der Waals surface area (Å²) < 4.78 is 0. The van der Waals surface area contributed by atoms with E-state index in [1.165, 1.54) is 0 Å². The molecule has 0 atom stereocenters. The van der Waals surface area contributed by atoms with Crippen LogP contribution in [0.3, 0.4) is 0 Å². The highest BCUT2D eigenvalue weighted by Crippen LogP contribution is 2.06. The Labute approximate surface area is 125 Å². The number of carbonyl (C=O) groups excluding carboxylic acids is 2. The fourth-order valence-corrected chi connectivity index (χ4v) is 2.35. The first-order valence-electron chi connectivity index (χ1n) is 7.50. The predicted molar refractivity (Wildman–Crippen MR) is 82.2 cm³/mol. The van der Waals surface area contributed by atoms with Crippen molar-refractivity contribution < 1.29 is 9.59 Å². The van der Waals surface area contributed by atoms with E-state index in [0.29, 0.717) is 25.2 Å². The Balaban J connectivity index is 1.60. The number of benzene rings is 1. The monoisotopic (exact) mass is 289 g/mol. The third-order valence-corrected chi connectivity index (χ3v) is 3.64. The maximum atomic E-state index is 11.8. The van der Waals surface area contributed by atoms with E-state index in [0.717, 1.165) is 31.5 Å². The van der Waals surface area contributed by atoms with Gasteiger partial charge in [-0.1, -0.05) is 17.7 Å². The molecule has 5 nitrogen and oxygen atoms in total. The van der Waals surface area contributed by atoms with Crippen LogP contribution in [0.5, 0.6) is 0 Å². The molecule has 1 saturated heterocycles. The second-order valence-electron chi connectivity index (χ2n) is 5.39. The lowest BCUT2D eigenvalue weighted by Crippen LogP contribution is -2.39. The van der Waals surface area contributed by atoms with Crippen LogP contribution in [0.4, 0.5) is 0 Å². The van der Waals surface area contributed by atoms with E-state index >= 15 is 0 Å². The molecule has 114 valence electrons. The number of nitrogens with one attached hydrogen (secondary N) is 2. The smallest absolute Gasteiger partial charge is 0.251 e. The lowest BCUT2D eigenvalue weighted by Gasteiger charge is -2.15. The molecule has 0 bridgehead atoms. The molecule has 1 aromatic rings. The molecule has 0 saturated carbocycles. The number of aryl methyl sites for hydroxylation is 1. The Morgan fingerprint density at radius 2 is 1.76 bits per heavy atom. The molecule has 2 amide bonds. The maximum absolute atomic E-state index is 11.8. The van der Waals surface area contributed by atoms with Crippen LogP contribution in [-0.2, 0) is 4.79 Å². The van der Waals surface area contributed by atoms with Crippen molar-refractivity contribution in [1.29, 1.82) is 0 Å². The zero-order valence-corrected chi connectivity index (χ0v) is 12.5. The van der Waals surface area contributed by atoms with Gasteiger partial charge in [-0.15, -0.1) is 0 Å². The number of carbonyl (C=O) groups is 2. The molecule has 5 heteroatoms. The molecular weight excluding hydrogens is 266 g/mol. The Bertz CT molecular complexity index is 479. The zero-order chi connectivity index (χ0) is 15.1. The summed E-state index contributed by atoms with van der Waals surface area (Å²) in [6.45, 7) is 5.20. The van der Waals surface area contributed by atoms with E-state index in [9.17, 15) is 9.59 Å². The molecule has 1 fully saturated rings. The third kappa shape index (κ3) is 4.86. The lowest BCUT2D eigenvalue weighted by atomic mass is 10.1. The van der Waals surface area contributed by atoms with Gasteiger partial charge in [0.15, 0.2) is 0 Å². The number of likely N-dealkylation sites (tertiary alicyclic amines) is 1. The first-order chi connectivity index (χ1) is 10.2. The predicted octanol–water partition coefficient (Wildman–Crippen LogP) is 0.937. The molecule has 1 aliphatic heterocycles. The largest absolute Gasteiger partial charge is 0.351 e. The van der Waals surface area contributed by atoms with Gasteiger partial charge >= 0.3 is 0 Å². The van der Waals surface area contributed by atoms with Crippen molar-refractivity contribution >= 4 is 11.8 Å². The Hall–Kier alpha value is -1.88. The summed E-state index contributed by atoms with van der Waals surface area (Å²) in [6.07, 6.45) is 2.22. The van der Waals surface area contributed by atoms with Gasteiger partial charge in [0.25, 0.3) is 5.91 Å². The fraction of sp³-hybridized carbons (Fsp3) is 0.500. The van der Waals surface area contributed by atoms with Gasteiger partial charge in [0, 0.05) is 31.7 Å². The molecule has 0 unspecified atom stereocenters. The van der Waals surface area contributed by atoms with E-state index in [2.05, 4.69) is 10.6 Å². The summed E-state index contributed by atoms with van der Waals surface area (Å²) in [4.78, 5) is 25.5. The molecule has 1 aromatic carbocycles. The van der Waals surface area contributed by atoms with Crippen LogP contribution >= 0.6 is 0 Å². The molecular formula is C16H23N3O2. The number of rotatable bonds is 6. The highest BCUT2D eigenvalue weighted by Gasteiger charge is 2.16. The van der Waals surface area contributed by atoms with Crippen molar-refractivity contribution in [1.82, 2.24) is 15.5 Å². The van der Waals surface area contributed by atoms with Crippen molar-refractivity contribution in [2.24, 2.45) is 0 Å². The summed E-state index contributed by atoms with van der Waals surface area (Å²) >= 11 is 0. The Morgan fingerprint density at radius 1 is 1.10 bits per heavy atom. The van der Waals surface area contributed by atoms with Crippen LogP contribution in [0.2, 0.25) is 0 Å². The van der Waals surface area contributed by atoms with Gasteiger partial charge in [-0.3, -0.25) is 9.59 Å². The van der Waals surface area contributed by atoms with Crippen molar-refractivity contribution in [2.75, 3.05) is 32.7 Å². The molecule has 0 aliphatic carbocycles. The molecule has 0 spiro atoms. The van der Waals surface area contributed by atoms with E-state index in [4.69, 9.17) is 0 Å². The van der Waals surface area contributed by atoms with Gasteiger partial charge in [-0.05, 0) is 31.9 Å². The van der Waals surface area contributed by atoms with Gasteiger partial charge in [-0.2, -0.15) is 0 Å². The second-order valence-corrected chi connectivity index (χ2v) is 5.39. The number of hydrogen-bond donors (Lipinski definition) is 2. The summed E-state index contributed by atoms with van der Waals surface area (Å²) in [6, 6.07) is 7.47. The van der Waals surface area contributed by atoms with Crippen molar-refractivity contribution in [3.8, 4) is 0 Å². The van der Waals surface area contributed by atoms with Gasteiger partial charge in [0.2, 0.25) is 5.91 Å². The molecule has 0 radical (unpaired) electrons. The molecule has 2 N–H and O–H groups in total. The Morgan fingerprint density at radius 3 is 2.43 bits per heavy atom. The number of hydrogen-bond acceptors (Lipinski definition) is 3. The van der Waals surface area contributed by atoms with Crippen molar-refractivity contribution in [3.63, 3.8) is 0 Å². The molecule has 1 aliphatic rings. The van der Waals surface area contributed by atoms with Gasteiger partial charge in [0.05, 0.1) is 6.54 Å². The summed E-state index contributed by atoms with van der Waals surface area (Å²) in [5.41, 5.74) is 1.79. The van der Waals surface area contributed by atoms with Crippen LogP contribution in [0, 0.1) is 6.92 Å². The van der Waals surface area contributed by atoms with E-state index in [-0.39, 0.29) is 11.8 Å². The topological polar surface area (TPSA) is 61.4 Å². The van der Waals surface area contributed by atoms with Crippen molar-refractivity contribution in [2.45, 2.75) is 19.8 Å². The first kappa shape index (κ1) is 15.5. The fourth-order valence-electron chi connectivity index (χ4n) is 2.35. The quantitative estimate of drug-likeness (QED) is 0.766. The normalized spacial score (nSPS) is 14.2. The second kappa shape index (κ2) is 7.78. The minimum absolute atomic E-state index is 0.0809. The molecule has 2 rings (SSSR count). The van der Waals surface area contributed by atoms with Gasteiger partial charge in [-0.25, -0.2) is 0 Å². The standard InChI is InChI=1S/C16H23N3O2/c1-13-4-6-14(7-5-13)16(21)18-9-8-17-12-15(20)19-10-2-3-11-19/h4-7,17H,2-3,8-12H2,1H3,(H,18,21). The highest BCUT2D eigenvalue weighted by molar-refractivity contribution is 5.94. The number of nitrogens with zero attached hydrogens (tertiary/aromatic N) is 1. The van der Waals surface area contributed by atoms with Crippen LogP contribution in [0.25, 0.3) is 0 Å². The lowest BCUT2D eigenvalue weighted by molar-refractivity contribution is -0.129. The third-order valence-electron chi connectivity index (χ3n) is 3.64. The summed E-state index contributed by atoms with van der Waals surface area (Å²) in [5, 5.41) is 5.91. The minimum atomic E-state index is -0.0809. The zero-order valence-electron chi connectivity index (χ0n) is 12.5.